The number of hydrogen-bond donors (Lipinski definition) is 5. The summed E-state index contributed by atoms with van der Waals surface area (Å²) in [6, 6.07) is 6.40. The van der Waals surface area contributed by atoms with Gasteiger partial charge in [0.25, 0.3) is 0 Å². The van der Waals surface area contributed by atoms with E-state index in [-0.39, 0.29) is 12.3 Å². The number of benzene rings is 1. The molecular formula is C21H32N4O5S. The summed E-state index contributed by atoms with van der Waals surface area (Å²) < 4.78 is 0. The van der Waals surface area contributed by atoms with E-state index in [1.807, 2.05) is 12.3 Å². The van der Waals surface area contributed by atoms with E-state index < -0.39 is 48.4 Å². The van der Waals surface area contributed by atoms with Crippen LogP contribution in [-0.4, -0.2) is 65.5 Å². The molecule has 0 aliphatic carbocycles. The number of carbonyl (C=O) groups excluding carboxylic acids is 3. The van der Waals surface area contributed by atoms with Crippen LogP contribution in [0.15, 0.2) is 30.3 Å². The van der Waals surface area contributed by atoms with Crippen LogP contribution in [-0.2, 0) is 25.6 Å². The van der Waals surface area contributed by atoms with Crippen molar-refractivity contribution < 1.29 is 24.3 Å². The Morgan fingerprint density at radius 1 is 1.03 bits per heavy atom. The molecule has 0 heterocycles. The number of rotatable bonds is 13. The summed E-state index contributed by atoms with van der Waals surface area (Å²) in [6.45, 7) is 2.98. The van der Waals surface area contributed by atoms with Crippen LogP contribution in [0.2, 0.25) is 0 Å². The summed E-state index contributed by atoms with van der Waals surface area (Å²) >= 11 is 1.57. The monoisotopic (exact) mass is 452 g/mol. The van der Waals surface area contributed by atoms with Crippen molar-refractivity contribution in [2.75, 3.05) is 18.6 Å². The molecule has 3 unspecified atom stereocenters. The molecule has 1 aromatic carbocycles. The average molecular weight is 453 g/mol. The van der Waals surface area contributed by atoms with Gasteiger partial charge in [0.05, 0.1) is 6.04 Å². The second-order valence-corrected chi connectivity index (χ2v) is 8.47. The highest BCUT2D eigenvalue weighted by Gasteiger charge is 2.30. The zero-order valence-electron chi connectivity index (χ0n) is 18.1. The lowest BCUT2D eigenvalue weighted by Gasteiger charge is -2.26. The summed E-state index contributed by atoms with van der Waals surface area (Å²) in [4.78, 5) is 48.7. The molecule has 0 bridgehead atoms. The average Bonchev–Trinajstić information content (AvgIpc) is 2.73. The Morgan fingerprint density at radius 3 is 2.23 bits per heavy atom. The molecule has 10 heteroatoms. The quantitative estimate of drug-likeness (QED) is 0.285. The van der Waals surface area contributed by atoms with Gasteiger partial charge in [-0.25, -0.2) is 0 Å². The Morgan fingerprint density at radius 2 is 1.68 bits per heavy atom. The molecule has 0 aliphatic rings. The number of carboxylic acid groups (broad SMARTS) is 1. The van der Waals surface area contributed by atoms with E-state index in [0.29, 0.717) is 6.42 Å². The number of amides is 3. The molecule has 0 aromatic heterocycles. The van der Waals surface area contributed by atoms with Crippen LogP contribution in [0.4, 0.5) is 0 Å². The van der Waals surface area contributed by atoms with E-state index >= 15 is 0 Å². The van der Waals surface area contributed by atoms with Crippen LogP contribution < -0.4 is 21.7 Å². The fraction of sp³-hybridized carbons (Fsp3) is 0.524. The van der Waals surface area contributed by atoms with Crippen molar-refractivity contribution >= 4 is 35.5 Å². The Balaban J connectivity index is 2.91. The number of nitrogens with one attached hydrogen (secondary N) is 3. The van der Waals surface area contributed by atoms with Crippen molar-refractivity contribution in [3.05, 3.63) is 35.9 Å². The van der Waals surface area contributed by atoms with Crippen LogP contribution in [0.3, 0.4) is 0 Å². The number of carboxylic acids is 1. The van der Waals surface area contributed by atoms with Gasteiger partial charge in [-0.1, -0.05) is 44.2 Å². The largest absolute Gasteiger partial charge is 0.480 e. The zero-order chi connectivity index (χ0) is 23.4. The van der Waals surface area contributed by atoms with Crippen molar-refractivity contribution in [3.63, 3.8) is 0 Å². The van der Waals surface area contributed by atoms with Gasteiger partial charge in [0.15, 0.2) is 0 Å². The van der Waals surface area contributed by atoms with Gasteiger partial charge in [0, 0.05) is 6.42 Å². The lowest BCUT2D eigenvalue weighted by atomic mass is 10.0. The normalized spacial score (nSPS) is 13.7. The molecule has 0 radical (unpaired) electrons. The van der Waals surface area contributed by atoms with Crippen LogP contribution in [0.25, 0.3) is 0 Å². The third-order valence-electron chi connectivity index (χ3n) is 4.55. The standard InChI is InChI=1S/C21H32N4O5S/c1-13(2)18(25-19(28)15(22)9-10-31-3)21(30)24-16(20(29)23-12-17(26)27)11-14-7-5-4-6-8-14/h4-8,13,15-16,18H,9-12,22H2,1-3H3,(H,23,29)(H,24,30)(H,25,28)(H,26,27). The van der Waals surface area contributed by atoms with Gasteiger partial charge in [-0.3, -0.25) is 19.2 Å². The number of hydrogen-bond acceptors (Lipinski definition) is 6. The van der Waals surface area contributed by atoms with Crippen molar-refractivity contribution in [2.24, 2.45) is 11.7 Å². The molecule has 172 valence electrons. The van der Waals surface area contributed by atoms with Gasteiger partial charge in [-0.05, 0) is 29.9 Å². The van der Waals surface area contributed by atoms with Gasteiger partial charge in [0.2, 0.25) is 17.7 Å². The Hall–Kier alpha value is -2.59. The van der Waals surface area contributed by atoms with E-state index in [1.165, 1.54) is 0 Å². The molecule has 1 aromatic rings. The third kappa shape index (κ3) is 9.84. The molecule has 1 rings (SSSR count). The molecule has 0 saturated heterocycles. The molecule has 3 amide bonds. The maximum atomic E-state index is 12.9. The highest BCUT2D eigenvalue weighted by molar-refractivity contribution is 7.98. The van der Waals surface area contributed by atoms with Gasteiger partial charge in [-0.15, -0.1) is 0 Å². The number of nitrogens with two attached hydrogens (primary N) is 1. The predicted molar refractivity (Wildman–Crippen MR) is 120 cm³/mol. The molecule has 0 saturated carbocycles. The molecule has 0 aliphatic heterocycles. The Kier molecular flexibility index (Phi) is 11.7. The van der Waals surface area contributed by atoms with Crippen LogP contribution >= 0.6 is 11.8 Å². The first-order valence-corrected chi connectivity index (χ1v) is 11.4. The van der Waals surface area contributed by atoms with Crippen LogP contribution in [0.5, 0.6) is 0 Å². The second-order valence-electron chi connectivity index (χ2n) is 7.48. The van der Waals surface area contributed by atoms with E-state index in [9.17, 15) is 19.2 Å². The third-order valence-corrected chi connectivity index (χ3v) is 5.19. The van der Waals surface area contributed by atoms with Crippen molar-refractivity contribution in [1.29, 1.82) is 0 Å². The topological polar surface area (TPSA) is 151 Å². The highest BCUT2D eigenvalue weighted by Crippen LogP contribution is 2.08. The first kappa shape index (κ1) is 26.4. The number of carbonyl (C=O) groups is 4. The summed E-state index contributed by atoms with van der Waals surface area (Å²) in [7, 11) is 0. The maximum Gasteiger partial charge on any atom is 0.322 e. The fourth-order valence-corrected chi connectivity index (χ4v) is 3.27. The van der Waals surface area contributed by atoms with Crippen LogP contribution in [0.1, 0.15) is 25.8 Å². The van der Waals surface area contributed by atoms with Gasteiger partial charge < -0.3 is 26.8 Å². The van der Waals surface area contributed by atoms with E-state index in [4.69, 9.17) is 10.8 Å². The van der Waals surface area contributed by atoms with E-state index in [2.05, 4.69) is 16.0 Å². The predicted octanol–water partition coefficient (Wildman–Crippen LogP) is 0.136. The number of thioether (sulfide) groups is 1. The van der Waals surface area contributed by atoms with Gasteiger partial charge in [-0.2, -0.15) is 11.8 Å². The van der Waals surface area contributed by atoms with E-state index in [1.54, 1.807) is 49.9 Å². The molecule has 6 N–H and O–H groups in total. The summed E-state index contributed by atoms with van der Waals surface area (Å²) in [5, 5.41) is 16.4. The highest BCUT2D eigenvalue weighted by atomic mass is 32.2. The number of aliphatic carboxylic acids is 1. The van der Waals surface area contributed by atoms with Gasteiger partial charge >= 0.3 is 5.97 Å². The van der Waals surface area contributed by atoms with Crippen molar-refractivity contribution in [3.8, 4) is 0 Å². The lowest BCUT2D eigenvalue weighted by Crippen LogP contribution is -2.58. The molecule has 0 fully saturated rings. The molecule has 3 atom stereocenters. The summed E-state index contributed by atoms with van der Waals surface area (Å²) in [6.07, 6.45) is 2.56. The molecule has 9 nitrogen and oxygen atoms in total. The minimum Gasteiger partial charge on any atom is -0.480 e. The van der Waals surface area contributed by atoms with Gasteiger partial charge in [0.1, 0.15) is 18.6 Å². The minimum absolute atomic E-state index is 0.171. The first-order chi connectivity index (χ1) is 14.6. The van der Waals surface area contributed by atoms with Crippen molar-refractivity contribution in [2.45, 2.75) is 44.8 Å². The van der Waals surface area contributed by atoms with Crippen molar-refractivity contribution in [1.82, 2.24) is 16.0 Å². The molecule has 31 heavy (non-hydrogen) atoms. The smallest absolute Gasteiger partial charge is 0.322 e. The maximum absolute atomic E-state index is 12.9. The minimum atomic E-state index is -1.19. The second kappa shape index (κ2) is 13.7. The molecular weight excluding hydrogens is 420 g/mol. The summed E-state index contributed by atoms with van der Waals surface area (Å²) in [5.74, 6) is -2.31. The Labute approximate surface area is 186 Å². The zero-order valence-corrected chi connectivity index (χ0v) is 18.9. The Bertz CT molecular complexity index is 745. The van der Waals surface area contributed by atoms with Crippen LogP contribution in [0, 0.1) is 5.92 Å². The summed E-state index contributed by atoms with van der Waals surface area (Å²) in [5.41, 5.74) is 6.69. The van der Waals surface area contributed by atoms with E-state index in [0.717, 1.165) is 11.3 Å². The first-order valence-electron chi connectivity index (χ1n) is 10.0. The molecule has 0 spiro atoms. The fourth-order valence-electron chi connectivity index (χ4n) is 2.78. The SMILES string of the molecule is CSCCC(N)C(=O)NC(C(=O)NC(Cc1ccccc1)C(=O)NCC(=O)O)C(C)C. The lowest BCUT2D eigenvalue weighted by molar-refractivity contribution is -0.138.